The number of benzene rings is 3. The van der Waals surface area contributed by atoms with Crippen molar-refractivity contribution in [1.82, 2.24) is 5.06 Å². The highest BCUT2D eigenvalue weighted by atomic mass is 16.7. The average Bonchev–Trinajstić information content (AvgIpc) is 2.94. The van der Waals surface area contributed by atoms with Crippen LogP contribution in [0.2, 0.25) is 0 Å². The minimum atomic E-state index is -0.508. The zero-order valence-electron chi connectivity index (χ0n) is 14.7. The lowest BCUT2D eigenvalue weighted by Gasteiger charge is -2.20. The Morgan fingerprint density at radius 3 is 2.00 bits per heavy atom. The van der Waals surface area contributed by atoms with Crippen LogP contribution in [0.25, 0.3) is 0 Å². The van der Waals surface area contributed by atoms with E-state index in [-0.39, 0.29) is 0 Å². The molecule has 0 bridgehead atoms. The topological polar surface area (TPSA) is 55.8 Å². The van der Waals surface area contributed by atoms with E-state index >= 15 is 0 Å². The zero-order valence-corrected chi connectivity index (χ0v) is 14.7. The molecule has 5 heteroatoms. The molecule has 0 fully saturated rings. The molecule has 1 aliphatic rings. The third-order valence-electron chi connectivity index (χ3n) is 4.33. The van der Waals surface area contributed by atoms with Crippen molar-refractivity contribution in [1.29, 1.82) is 0 Å². The van der Waals surface area contributed by atoms with Gasteiger partial charge in [-0.05, 0) is 48.9 Å². The fourth-order valence-corrected chi connectivity index (χ4v) is 2.94. The highest BCUT2D eigenvalue weighted by Gasteiger charge is 2.37. The van der Waals surface area contributed by atoms with Crippen molar-refractivity contribution in [2.45, 2.75) is 13.0 Å². The van der Waals surface area contributed by atoms with Crippen molar-refractivity contribution in [3.05, 3.63) is 95.6 Å². The predicted octanol–water partition coefficient (Wildman–Crippen LogP) is 4.77. The molecule has 1 unspecified atom stereocenters. The van der Waals surface area contributed by atoms with Crippen LogP contribution in [0.4, 0.5) is 0 Å². The highest BCUT2D eigenvalue weighted by molar-refractivity contribution is 6.20. The molecular weight excluding hydrogens is 342 g/mol. The van der Waals surface area contributed by atoms with Gasteiger partial charge in [0.25, 0.3) is 11.8 Å². The Balaban J connectivity index is 1.51. The van der Waals surface area contributed by atoms with Gasteiger partial charge in [0, 0.05) is 0 Å². The molecule has 0 radical (unpaired) electrons. The first-order chi connectivity index (χ1) is 13.1. The van der Waals surface area contributed by atoms with Gasteiger partial charge in [-0.2, -0.15) is 0 Å². The second-order valence-electron chi connectivity index (χ2n) is 6.19. The van der Waals surface area contributed by atoms with Gasteiger partial charge in [-0.1, -0.05) is 42.5 Å². The van der Waals surface area contributed by atoms with E-state index in [4.69, 9.17) is 9.57 Å². The Kier molecular flexibility index (Phi) is 4.44. The molecule has 1 heterocycles. The molecule has 1 atom stereocenters. The van der Waals surface area contributed by atoms with E-state index in [0.717, 1.165) is 16.4 Å². The number of ether oxygens (including phenoxy) is 1. The van der Waals surface area contributed by atoms with Crippen molar-refractivity contribution in [3.8, 4) is 11.5 Å². The van der Waals surface area contributed by atoms with Gasteiger partial charge < -0.3 is 4.74 Å². The Morgan fingerprint density at radius 1 is 0.741 bits per heavy atom. The standard InChI is InChI=1S/C22H17NO4/c1-15(27-23-21(24)19-12-5-6-13-20(19)22(23)25)16-8-7-11-18(14-16)26-17-9-3-2-4-10-17/h2-15H,1H3. The predicted molar refractivity (Wildman–Crippen MR) is 99.4 cm³/mol. The number of rotatable bonds is 5. The molecule has 134 valence electrons. The molecule has 1 aliphatic heterocycles. The summed E-state index contributed by atoms with van der Waals surface area (Å²) in [5.41, 5.74) is 1.51. The molecule has 0 spiro atoms. The highest BCUT2D eigenvalue weighted by Crippen LogP contribution is 2.29. The molecule has 0 saturated heterocycles. The maximum Gasteiger partial charge on any atom is 0.285 e. The number of hydrogen-bond acceptors (Lipinski definition) is 4. The van der Waals surface area contributed by atoms with E-state index in [2.05, 4.69) is 0 Å². The molecule has 3 aromatic carbocycles. The molecule has 0 aliphatic carbocycles. The van der Waals surface area contributed by atoms with Crippen LogP contribution < -0.4 is 4.74 Å². The van der Waals surface area contributed by atoms with Crippen LogP contribution in [-0.4, -0.2) is 16.9 Å². The first-order valence-electron chi connectivity index (χ1n) is 8.61. The van der Waals surface area contributed by atoms with Gasteiger partial charge in [-0.3, -0.25) is 14.4 Å². The quantitative estimate of drug-likeness (QED) is 0.616. The number of hydroxylamine groups is 2. The number of fused-ring (bicyclic) bond motifs is 1. The maximum atomic E-state index is 12.4. The van der Waals surface area contributed by atoms with E-state index in [1.54, 1.807) is 31.2 Å². The minimum Gasteiger partial charge on any atom is -0.457 e. The van der Waals surface area contributed by atoms with Crippen LogP contribution in [0.15, 0.2) is 78.9 Å². The Bertz CT molecular complexity index is 965. The summed E-state index contributed by atoms with van der Waals surface area (Å²) in [7, 11) is 0. The summed E-state index contributed by atoms with van der Waals surface area (Å²) in [5, 5.41) is 0.833. The smallest absolute Gasteiger partial charge is 0.285 e. The van der Waals surface area contributed by atoms with Gasteiger partial charge >= 0.3 is 0 Å². The largest absolute Gasteiger partial charge is 0.457 e. The van der Waals surface area contributed by atoms with Crippen LogP contribution >= 0.6 is 0 Å². The number of carbonyl (C=O) groups excluding carboxylic acids is 2. The summed E-state index contributed by atoms with van der Waals surface area (Å²) in [5.74, 6) is 0.485. The lowest BCUT2D eigenvalue weighted by Crippen LogP contribution is -2.31. The van der Waals surface area contributed by atoms with Gasteiger partial charge in [0.15, 0.2) is 0 Å². The molecule has 27 heavy (non-hydrogen) atoms. The van der Waals surface area contributed by atoms with Crippen LogP contribution in [0.3, 0.4) is 0 Å². The summed E-state index contributed by atoms with van der Waals surface area (Å²) in [6, 6.07) is 23.5. The summed E-state index contributed by atoms with van der Waals surface area (Å²) < 4.78 is 5.83. The summed E-state index contributed by atoms with van der Waals surface area (Å²) in [4.78, 5) is 30.6. The van der Waals surface area contributed by atoms with Crippen molar-refractivity contribution < 1.29 is 19.2 Å². The monoisotopic (exact) mass is 359 g/mol. The fourth-order valence-electron chi connectivity index (χ4n) is 2.94. The van der Waals surface area contributed by atoms with Gasteiger partial charge in [-0.15, -0.1) is 5.06 Å². The molecule has 0 saturated carbocycles. The molecule has 0 aromatic heterocycles. The Labute approximate surface area is 156 Å². The molecule has 0 N–H and O–H groups in total. The Morgan fingerprint density at radius 2 is 1.33 bits per heavy atom. The average molecular weight is 359 g/mol. The normalized spacial score (nSPS) is 14.2. The lowest BCUT2D eigenvalue weighted by molar-refractivity contribution is -0.128. The van der Waals surface area contributed by atoms with Crippen molar-refractivity contribution >= 4 is 11.8 Å². The van der Waals surface area contributed by atoms with E-state index in [0.29, 0.717) is 16.9 Å². The first kappa shape index (κ1) is 17.0. The number of carbonyl (C=O) groups is 2. The van der Waals surface area contributed by atoms with E-state index < -0.39 is 17.9 Å². The third-order valence-corrected chi connectivity index (χ3v) is 4.33. The van der Waals surface area contributed by atoms with Crippen LogP contribution in [0.5, 0.6) is 11.5 Å². The molecular formula is C22H17NO4. The molecule has 2 amide bonds. The maximum absolute atomic E-state index is 12.4. The SMILES string of the molecule is CC(ON1C(=O)c2ccccc2C1=O)c1cccc(Oc2ccccc2)c1. The minimum absolute atomic E-state index is 0.357. The van der Waals surface area contributed by atoms with E-state index in [1.807, 2.05) is 54.6 Å². The van der Waals surface area contributed by atoms with Crippen molar-refractivity contribution in [2.24, 2.45) is 0 Å². The molecule has 3 aromatic rings. The first-order valence-corrected chi connectivity index (χ1v) is 8.61. The number of amides is 2. The van der Waals surface area contributed by atoms with Gasteiger partial charge in [0.2, 0.25) is 0 Å². The van der Waals surface area contributed by atoms with Gasteiger partial charge in [0.1, 0.15) is 17.6 Å². The summed E-state index contributed by atoms with van der Waals surface area (Å²) in [6.45, 7) is 1.78. The number of imide groups is 1. The van der Waals surface area contributed by atoms with Crippen molar-refractivity contribution in [3.63, 3.8) is 0 Å². The zero-order chi connectivity index (χ0) is 18.8. The lowest BCUT2D eigenvalue weighted by atomic mass is 10.1. The Hall–Kier alpha value is -3.44. The van der Waals surface area contributed by atoms with Crippen LogP contribution in [0.1, 0.15) is 39.3 Å². The number of nitrogens with zero attached hydrogens (tertiary/aromatic N) is 1. The van der Waals surface area contributed by atoms with Gasteiger partial charge in [0.05, 0.1) is 11.1 Å². The fraction of sp³-hybridized carbons (Fsp3) is 0.0909. The van der Waals surface area contributed by atoms with E-state index in [9.17, 15) is 9.59 Å². The molecule has 5 nitrogen and oxygen atoms in total. The van der Waals surface area contributed by atoms with Crippen LogP contribution in [-0.2, 0) is 4.84 Å². The van der Waals surface area contributed by atoms with Crippen molar-refractivity contribution in [2.75, 3.05) is 0 Å². The molecule has 4 rings (SSSR count). The number of para-hydroxylation sites is 1. The van der Waals surface area contributed by atoms with Crippen LogP contribution in [0, 0.1) is 0 Å². The third kappa shape index (κ3) is 3.32. The second-order valence-corrected chi connectivity index (χ2v) is 6.19. The summed E-state index contributed by atoms with van der Waals surface area (Å²) >= 11 is 0. The second kappa shape index (κ2) is 7.05. The van der Waals surface area contributed by atoms with Gasteiger partial charge in [-0.25, -0.2) is 0 Å². The number of hydrogen-bond donors (Lipinski definition) is 0. The summed E-state index contributed by atoms with van der Waals surface area (Å²) in [6.07, 6.45) is -0.508. The van der Waals surface area contributed by atoms with E-state index in [1.165, 1.54) is 0 Å².